The molecule has 3 heteroatoms. The summed E-state index contributed by atoms with van der Waals surface area (Å²) in [5.74, 6) is -0.0143. The van der Waals surface area contributed by atoms with Crippen molar-refractivity contribution in [3.63, 3.8) is 0 Å². The van der Waals surface area contributed by atoms with Gasteiger partial charge in [0.05, 0.1) is 5.69 Å². The van der Waals surface area contributed by atoms with E-state index in [1.165, 1.54) is 23.9 Å². The van der Waals surface area contributed by atoms with Gasteiger partial charge in [-0.1, -0.05) is 44.2 Å². The lowest BCUT2D eigenvalue weighted by atomic mass is 10.0. The lowest BCUT2D eigenvalue weighted by Gasteiger charge is -2.05. The molecule has 2 rings (SSSR count). The molecule has 0 heterocycles. The molecule has 2 nitrogen and oxygen atoms in total. The predicted octanol–water partition coefficient (Wildman–Crippen LogP) is 5.07. The number of ketones is 1. The molecule has 0 atom stereocenters. The van der Waals surface area contributed by atoms with Crippen molar-refractivity contribution >= 4 is 11.5 Å². The van der Waals surface area contributed by atoms with E-state index in [0.717, 1.165) is 5.56 Å². The maximum absolute atomic E-state index is 13.6. The quantitative estimate of drug-likeness (QED) is 0.617. The third kappa shape index (κ3) is 4.04. The first-order valence-corrected chi connectivity index (χ1v) is 7.31. The number of hydrogen-bond donors (Lipinski definition) is 1. The van der Waals surface area contributed by atoms with Crippen LogP contribution < -0.4 is 5.32 Å². The van der Waals surface area contributed by atoms with Crippen molar-refractivity contribution in [3.05, 3.63) is 77.2 Å². The van der Waals surface area contributed by atoms with E-state index in [-0.39, 0.29) is 11.6 Å². The highest BCUT2D eigenvalue weighted by Gasteiger charge is 2.04. The Balaban J connectivity index is 2.02. The Labute approximate surface area is 130 Å². The fraction of sp³-hybridized carbons (Fsp3) is 0.211. The maximum atomic E-state index is 13.6. The van der Waals surface area contributed by atoms with Crippen molar-refractivity contribution in [2.45, 2.75) is 26.7 Å². The molecule has 0 aliphatic heterocycles. The van der Waals surface area contributed by atoms with Crippen LogP contribution in [0.4, 0.5) is 10.1 Å². The summed E-state index contributed by atoms with van der Waals surface area (Å²) in [7, 11) is 0. The van der Waals surface area contributed by atoms with Crippen LogP contribution >= 0.6 is 0 Å². The summed E-state index contributed by atoms with van der Waals surface area (Å²) in [5, 5.41) is 2.79. The van der Waals surface area contributed by atoms with Crippen LogP contribution in [0.2, 0.25) is 0 Å². The number of benzene rings is 2. The van der Waals surface area contributed by atoms with Gasteiger partial charge in [-0.05, 0) is 36.1 Å². The first-order chi connectivity index (χ1) is 10.5. The number of rotatable bonds is 5. The minimum atomic E-state index is -0.335. The monoisotopic (exact) mass is 297 g/mol. The summed E-state index contributed by atoms with van der Waals surface area (Å²) < 4.78 is 13.6. The lowest BCUT2D eigenvalue weighted by Crippen LogP contribution is -1.98. The summed E-state index contributed by atoms with van der Waals surface area (Å²) in [6.45, 7) is 6.04. The van der Waals surface area contributed by atoms with Crippen LogP contribution in [-0.4, -0.2) is 5.78 Å². The van der Waals surface area contributed by atoms with E-state index in [1.54, 1.807) is 6.07 Å². The minimum absolute atomic E-state index is 0.115. The number of nitrogens with one attached hydrogen (secondary N) is 1. The van der Waals surface area contributed by atoms with Crippen LogP contribution in [-0.2, 0) is 0 Å². The van der Waals surface area contributed by atoms with Crippen LogP contribution in [0.25, 0.3) is 0 Å². The number of aryl methyl sites for hydroxylation is 1. The van der Waals surface area contributed by atoms with E-state index in [1.807, 2.05) is 37.3 Å². The number of halogens is 1. The molecule has 0 spiro atoms. The summed E-state index contributed by atoms with van der Waals surface area (Å²) in [5.41, 5.74) is 3.02. The Morgan fingerprint density at radius 2 is 1.82 bits per heavy atom. The van der Waals surface area contributed by atoms with Crippen molar-refractivity contribution in [3.8, 4) is 0 Å². The molecule has 0 aliphatic carbocycles. The third-order valence-corrected chi connectivity index (χ3v) is 3.46. The van der Waals surface area contributed by atoms with Crippen molar-refractivity contribution in [2.24, 2.45) is 0 Å². The summed E-state index contributed by atoms with van der Waals surface area (Å²) in [6, 6.07) is 12.5. The van der Waals surface area contributed by atoms with Gasteiger partial charge in [0.1, 0.15) is 5.82 Å². The highest BCUT2D eigenvalue weighted by atomic mass is 19.1. The Kier molecular flexibility index (Phi) is 5.10. The molecular formula is C19H20FNO. The zero-order chi connectivity index (χ0) is 16.1. The summed E-state index contributed by atoms with van der Waals surface area (Å²) >= 11 is 0. The van der Waals surface area contributed by atoms with Gasteiger partial charge in [0.25, 0.3) is 0 Å². The second-order valence-corrected chi connectivity index (χ2v) is 5.60. The molecule has 0 radical (unpaired) electrons. The molecule has 1 N–H and O–H groups in total. The Hall–Kier alpha value is -2.42. The van der Waals surface area contributed by atoms with Crippen molar-refractivity contribution in [1.29, 1.82) is 0 Å². The van der Waals surface area contributed by atoms with Crippen LogP contribution in [0.5, 0.6) is 0 Å². The lowest BCUT2D eigenvalue weighted by molar-refractivity contribution is 0.104. The predicted molar refractivity (Wildman–Crippen MR) is 88.8 cm³/mol. The van der Waals surface area contributed by atoms with Crippen molar-refractivity contribution in [1.82, 2.24) is 0 Å². The number of carbonyl (C=O) groups is 1. The molecule has 0 saturated heterocycles. The standard InChI is InChI=1S/C19H20FNO/c1-13(2)15-5-7-16(8-6-15)19(22)10-11-21-18-9-4-14(3)12-17(18)20/h4-13,21H,1-3H3. The molecular weight excluding hydrogens is 277 g/mol. The molecule has 0 fully saturated rings. The molecule has 2 aromatic carbocycles. The smallest absolute Gasteiger partial charge is 0.187 e. The number of hydrogen-bond acceptors (Lipinski definition) is 2. The largest absolute Gasteiger partial charge is 0.359 e. The fourth-order valence-electron chi connectivity index (χ4n) is 2.07. The van der Waals surface area contributed by atoms with Gasteiger partial charge in [-0.2, -0.15) is 0 Å². The zero-order valence-electron chi connectivity index (χ0n) is 13.1. The number of carbonyl (C=O) groups excluding carboxylic acids is 1. The normalized spacial score (nSPS) is 11.1. The van der Waals surface area contributed by atoms with Gasteiger partial charge >= 0.3 is 0 Å². The highest BCUT2D eigenvalue weighted by molar-refractivity contribution is 6.04. The molecule has 22 heavy (non-hydrogen) atoms. The number of allylic oxidation sites excluding steroid dienone is 1. The highest BCUT2D eigenvalue weighted by Crippen LogP contribution is 2.16. The average Bonchev–Trinajstić information content (AvgIpc) is 2.49. The first-order valence-electron chi connectivity index (χ1n) is 7.31. The third-order valence-electron chi connectivity index (χ3n) is 3.46. The van der Waals surface area contributed by atoms with Gasteiger partial charge in [-0.15, -0.1) is 0 Å². The van der Waals surface area contributed by atoms with Gasteiger partial charge in [0, 0.05) is 17.8 Å². The molecule has 0 bridgehead atoms. The van der Waals surface area contributed by atoms with Gasteiger partial charge in [0.2, 0.25) is 0 Å². The summed E-state index contributed by atoms with van der Waals surface area (Å²) in [4.78, 5) is 12.0. The second-order valence-electron chi connectivity index (χ2n) is 5.60. The Morgan fingerprint density at radius 3 is 2.41 bits per heavy atom. The van der Waals surface area contributed by atoms with E-state index in [9.17, 15) is 9.18 Å². The minimum Gasteiger partial charge on any atom is -0.359 e. The van der Waals surface area contributed by atoms with Gasteiger partial charge < -0.3 is 5.32 Å². The molecule has 0 unspecified atom stereocenters. The summed E-state index contributed by atoms with van der Waals surface area (Å²) in [6.07, 6.45) is 2.87. The van der Waals surface area contributed by atoms with E-state index < -0.39 is 0 Å². The van der Waals surface area contributed by atoms with Gasteiger partial charge in [0.15, 0.2) is 5.78 Å². The van der Waals surface area contributed by atoms with Crippen LogP contribution in [0.3, 0.4) is 0 Å². The molecule has 0 amide bonds. The van der Waals surface area contributed by atoms with E-state index in [0.29, 0.717) is 17.2 Å². The van der Waals surface area contributed by atoms with E-state index in [4.69, 9.17) is 0 Å². The van der Waals surface area contributed by atoms with Crippen LogP contribution in [0.1, 0.15) is 41.3 Å². The first kappa shape index (κ1) is 16.0. The van der Waals surface area contributed by atoms with Crippen LogP contribution in [0, 0.1) is 12.7 Å². The molecule has 114 valence electrons. The molecule has 0 saturated carbocycles. The van der Waals surface area contributed by atoms with Gasteiger partial charge in [-0.25, -0.2) is 4.39 Å². The second kappa shape index (κ2) is 7.03. The molecule has 0 aliphatic rings. The van der Waals surface area contributed by atoms with E-state index >= 15 is 0 Å². The van der Waals surface area contributed by atoms with Crippen molar-refractivity contribution < 1.29 is 9.18 Å². The number of anilines is 1. The zero-order valence-corrected chi connectivity index (χ0v) is 13.1. The fourth-order valence-corrected chi connectivity index (χ4v) is 2.07. The Bertz CT molecular complexity index is 687. The molecule has 2 aromatic rings. The topological polar surface area (TPSA) is 29.1 Å². The Morgan fingerprint density at radius 1 is 1.14 bits per heavy atom. The maximum Gasteiger partial charge on any atom is 0.187 e. The average molecular weight is 297 g/mol. The molecule has 0 aromatic heterocycles. The van der Waals surface area contributed by atoms with Gasteiger partial charge in [-0.3, -0.25) is 4.79 Å². The van der Waals surface area contributed by atoms with E-state index in [2.05, 4.69) is 19.2 Å². The van der Waals surface area contributed by atoms with Crippen molar-refractivity contribution in [2.75, 3.05) is 5.32 Å². The van der Waals surface area contributed by atoms with Crippen LogP contribution in [0.15, 0.2) is 54.7 Å². The SMILES string of the molecule is Cc1ccc(NC=CC(=O)c2ccc(C(C)C)cc2)c(F)c1.